The summed E-state index contributed by atoms with van der Waals surface area (Å²) in [6.45, 7) is 0. The van der Waals surface area contributed by atoms with E-state index in [1.165, 1.54) is 13.2 Å². The molecular formula is C19H21N3O5S. The summed E-state index contributed by atoms with van der Waals surface area (Å²) < 4.78 is 6.24. The summed E-state index contributed by atoms with van der Waals surface area (Å²) >= 11 is 1.09. The number of nitrogens with zero attached hydrogens (tertiary/aromatic N) is 2. The number of rotatable bonds is 6. The van der Waals surface area contributed by atoms with Crippen LogP contribution in [0.4, 0.5) is 5.69 Å². The number of amides is 1. The largest absolute Gasteiger partial charge is 0.493 e. The molecule has 8 nitrogen and oxygen atoms in total. The van der Waals surface area contributed by atoms with E-state index in [1.54, 1.807) is 22.8 Å². The number of nitrogens with one attached hydrogen (secondary N) is 1. The molecule has 0 unspecified atom stereocenters. The Balaban J connectivity index is 1.70. The van der Waals surface area contributed by atoms with Crippen LogP contribution in [0, 0.1) is 0 Å². The minimum Gasteiger partial charge on any atom is -0.493 e. The lowest BCUT2D eigenvalue weighted by Crippen LogP contribution is -2.26. The molecule has 28 heavy (non-hydrogen) atoms. The zero-order valence-electron chi connectivity index (χ0n) is 15.4. The smallest absolute Gasteiger partial charge is 0.337 e. The van der Waals surface area contributed by atoms with Gasteiger partial charge in [0.1, 0.15) is 0 Å². The highest BCUT2D eigenvalue weighted by Crippen LogP contribution is 2.31. The summed E-state index contributed by atoms with van der Waals surface area (Å²) in [6.07, 6.45) is 3.84. The molecule has 9 heteroatoms. The van der Waals surface area contributed by atoms with Crippen molar-refractivity contribution < 1.29 is 19.4 Å². The normalized spacial score (nSPS) is 14.0. The molecule has 148 valence electrons. The lowest BCUT2D eigenvalue weighted by atomic mass is 10.2. The van der Waals surface area contributed by atoms with Crippen LogP contribution >= 0.6 is 11.8 Å². The molecule has 1 aliphatic rings. The molecule has 1 aliphatic carbocycles. The van der Waals surface area contributed by atoms with E-state index >= 15 is 0 Å². The van der Waals surface area contributed by atoms with Crippen molar-refractivity contribution in [3.8, 4) is 5.88 Å². The van der Waals surface area contributed by atoms with Crippen LogP contribution < -0.4 is 10.9 Å². The Morgan fingerprint density at radius 1 is 1.32 bits per heavy atom. The molecule has 0 bridgehead atoms. The minimum atomic E-state index is -0.491. The average Bonchev–Trinajstić information content (AvgIpc) is 3.19. The van der Waals surface area contributed by atoms with Gasteiger partial charge in [-0.15, -0.1) is 0 Å². The maximum Gasteiger partial charge on any atom is 0.337 e. The molecule has 2 N–H and O–H groups in total. The number of aromatic nitrogens is 2. The van der Waals surface area contributed by atoms with E-state index in [-0.39, 0.29) is 29.1 Å². The second-order valence-electron chi connectivity index (χ2n) is 6.45. The molecule has 0 spiro atoms. The maximum atomic E-state index is 12.3. The van der Waals surface area contributed by atoms with Crippen LogP contribution in [-0.2, 0) is 9.53 Å². The molecule has 1 saturated carbocycles. The summed E-state index contributed by atoms with van der Waals surface area (Å²) in [7, 11) is 1.29. The van der Waals surface area contributed by atoms with Gasteiger partial charge in [0.2, 0.25) is 11.8 Å². The van der Waals surface area contributed by atoms with E-state index in [0.717, 1.165) is 43.5 Å². The Bertz CT molecular complexity index is 937. The number of esters is 1. The van der Waals surface area contributed by atoms with Gasteiger partial charge in [0.25, 0.3) is 5.56 Å². The first-order valence-corrected chi connectivity index (χ1v) is 9.90. The number of methoxy groups -OCH3 is 1. The first-order valence-electron chi connectivity index (χ1n) is 8.91. The van der Waals surface area contributed by atoms with Crippen molar-refractivity contribution in [1.29, 1.82) is 0 Å². The van der Waals surface area contributed by atoms with Gasteiger partial charge in [0, 0.05) is 11.7 Å². The summed E-state index contributed by atoms with van der Waals surface area (Å²) in [5.41, 5.74) is 0.483. The highest BCUT2D eigenvalue weighted by atomic mass is 32.2. The summed E-state index contributed by atoms with van der Waals surface area (Å²) in [4.78, 5) is 40.3. The second kappa shape index (κ2) is 8.92. The fourth-order valence-electron chi connectivity index (χ4n) is 3.23. The molecule has 0 radical (unpaired) electrons. The zero-order valence-corrected chi connectivity index (χ0v) is 16.2. The molecule has 3 rings (SSSR count). The zero-order chi connectivity index (χ0) is 20.1. The molecule has 1 fully saturated rings. The Morgan fingerprint density at radius 2 is 2.07 bits per heavy atom. The van der Waals surface area contributed by atoms with Gasteiger partial charge >= 0.3 is 5.97 Å². The van der Waals surface area contributed by atoms with Crippen LogP contribution in [-0.4, -0.2) is 39.4 Å². The van der Waals surface area contributed by atoms with Gasteiger partial charge in [-0.05, 0) is 31.0 Å². The summed E-state index contributed by atoms with van der Waals surface area (Å²) in [5.74, 6) is -1.16. The highest BCUT2D eigenvalue weighted by Gasteiger charge is 2.22. The standard InChI is InChI=1S/C19H21N3O5S/c1-27-18(26)12-5-4-6-13(9-12)20-16(24)11-28-19-21-15(23)10-17(25)22(19)14-7-2-3-8-14/h4-6,9-10,14,23H,2-3,7-8,11H2,1H3,(H,20,24). The maximum absolute atomic E-state index is 12.3. The van der Waals surface area contributed by atoms with Crippen LogP contribution in [0.2, 0.25) is 0 Å². The molecule has 1 heterocycles. The number of thioether (sulfide) groups is 1. The van der Waals surface area contributed by atoms with Gasteiger partial charge < -0.3 is 15.2 Å². The van der Waals surface area contributed by atoms with Gasteiger partial charge in [-0.3, -0.25) is 14.2 Å². The fourth-order valence-corrected chi connectivity index (χ4v) is 4.10. The van der Waals surface area contributed by atoms with Gasteiger partial charge in [0.05, 0.1) is 24.5 Å². The van der Waals surface area contributed by atoms with E-state index < -0.39 is 5.97 Å². The van der Waals surface area contributed by atoms with Crippen LogP contribution in [0.1, 0.15) is 42.1 Å². The van der Waals surface area contributed by atoms with Crippen molar-refractivity contribution >= 4 is 29.3 Å². The molecule has 1 aromatic heterocycles. The fraction of sp³-hybridized carbons (Fsp3) is 0.368. The van der Waals surface area contributed by atoms with Gasteiger partial charge in [0.15, 0.2) is 5.16 Å². The number of anilines is 1. The highest BCUT2D eigenvalue weighted by molar-refractivity contribution is 7.99. The number of hydrogen-bond donors (Lipinski definition) is 2. The van der Waals surface area contributed by atoms with E-state index in [4.69, 9.17) is 0 Å². The van der Waals surface area contributed by atoms with Crippen LogP contribution in [0.25, 0.3) is 0 Å². The lowest BCUT2D eigenvalue weighted by Gasteiger charge is -2.17. The number of carbonyl (C=O) groups excluding carboxylic acids is 2. The van der Waals surface area contributed by atoms with Crippen molar-refractivity contribution in [2.45, 2.75) is 36.9 Å². The molecule has 1 aromatic carbocycles. The predicted octanol–water partition coefficient (Wildman–Crippen LogP) is 2.58. The van der Waals surface area contributed by atoms with E-state index in [2.05, 4.69) is 15.0 Å². The van der Waals surface area contributed by atoms with Crippen molar-refractivity contribution in [1.82, 2.24) is 9.55 Å². The first kappa shape index (κ1) is 19.9. The number of ether oxygens (including phenoxy) is 1. The molecule has 1 amide bonds. The average molecular weight is 403 g/mol. The van der Waals surface area contributed by atoms with Crippen molar-refractivity contribution in [3.63, 3.8) is 0 Å². The Kier molecular flexibility index (Phi) is 6.35. The van der Waals surface area contributed by atoms with Crippen molar-refractivity contribution in [2.24, 2.45) is 0 Å². The third-order valence-corrected chi connectivity index (χ3v) is 5.45. The SMILES string of the molecule is COC(=O)c1cccc(NC(=O)CSc2nc(O)cc(=O)n2C2CCCC2)c1. The molecular weight excluding hydrogens is 382 g/mol. The topological polar surface area (TPSA) is 111 Å². The van der Waals surface area contributed by atoms with Gasteiger partial charge in [-0.25, -0.2) is 4.79 Å². The van der Waals surface area contributed by atoms with Gasteiger partial charge in [-0.2, -0.15) is 4.98 Å². The molecule has 2 aromatic rings. The Labute approximate surface area is 165 Å². The molecule has 0 aliphatic heterocycles. The number of carbonyl (C=O) groups is 2. The Hall–Kier alpha value is -2.81. The van der Waals surface area contributed by atoms with E-state index in [1.807, 2.05) is 0 Å². The first-order chi connectivity index (χ1) is 13.5. The van der Waals surface area contributed by atoms with Crippen LogP contribution in [0.15, 0.2) is 40.3 Å². The lowest BCUT2D eigenvalue weighted by molar-refractivity contribution is -0.113. The summed E-state index contributed by atoms with van der Waals surface area (Å²) in [5, 5.41) is 12.7. The van der Waals surface area contributed by atoms with E-state index in [0.29, 0.717) is 16.4 Å². The predicted molar refractivity (Wildman–Crippen MR) is 105 cm³/mol. The molecule has 0 saturated heterocycles. The minimum absolute atomic E-state index is 0.00502. The third-order valence-electron chi connectivity index (χ3n) is 4.50. The van der Waals surface area contributed by atoms with Crippen molar-refractivity contribution in [2.75, 3.05) is 18.2 Å². The quantitative estimate of drug-likeness (QED) is 0.433. The molecule has 0 atom stereocenters. The van der Waals surface area contributed by atoms with Gasteiger partial charge in [-0.1, -0.05) is 30.7 Å². The Morgan fingerprint density at radius 3 is 2.79 bits per heavy atom. The number of hydrogen-bond acceptors (Lipinski definition) is 7. The van der Waals surface area contributed by atoms with Crippen LogP contribution in [0.3, 0.4) is 0 Å². The van der Waals surface area contributed by atoms with E-state index in [9.17, 15) is 19.5 Å². The number of benzene rings is 1. The van der Waals surface area contributed by atoms with Crippen molar-refractivity contribution in [3.05, 3.63) is 46.2 Å². The number of aromatic hydroxyl groups is 1. The summed E-state index contributed by atoms with van der Waals surface area (Å²) in [6, 6.07) is 7.56. The monoisotopic (exact) mass is 403 g/mol. The second-order valence-corrected chi connectivity index (χ2v) is 7.40. The third kappa shape index (κ3) is 4.72. The van der Waals surface area contributed by atoms with Crippen LogP contribution in [0.5, 0.6) is 5.88 Å².